The number of amides is 1. The van der Waals surface area contributed by atoms with Crippen LogP contribution in [0.5, 0.6) is 0 Å². The van der Waals surface area contributed by atoms with Crippen LogP contribution in [0.2, 0.25) is 0 Å². The first-order valence-corrected chi connectivity index (χ1v) is 8.68. The molecular formula is C19H31N3O2. The van der Waals surface area contributed by atoms with Gasteiger partial charge in [-0.25, -0.2) is 4.79 Å². The minimum Gasteiger partial charge on any atom is -0.444 e. The molecular weight excluding hydrogens is 302 g/mol. The van der Waals surface area contributed by atoms with Crippen molar-refractivity contribution in [3.05, 3.63) is 35.9 Å². The zero-order valence-corrected chi connectivity index (χ0v) is 15.7. The van der Waals surface area contributed by atoms with E-state index in [0.717, 1.165) is 38.3 Å². The van der Waals surface area contributed by atoms with E-state index in [2.05, 4.69) is 29.0 Å². The van der Waals surface area contributed by atoms with Crippen LogP contribution in [-0.4, -0.2) is 73.2 Å². The van der Waals surface area contributed by atoms with Crippen molar-refractivity contribution < 1.29 is 9.53 Å². The number of hydrogen-bond donors (Lipinski definition) is 0. The van der Waals surface area contributed by atoms with E-state index in [1.165, 1.54) is 0 Å². The highest BCUT2D eigenvalue weighted by Crippen LogP contribution is 2.23. The molecule has 2 rings (SSSR count). The number of carbonyl (C=O) groups excluding carboxylic acids is 1. The predicted octanol–water partition coefficient (Wildman–Crippen LogP) is 2.84. The summed E-state index contributed by atoms with van der Waals surface area (Å²) in [5.41, 5.74) is 0.658. The monoisotopic (exact) mass is 333 g/mol. The Morgan fingerprint density at radius 3 is 2.29 bits per heavy atom. The molecule has 1 aromatic rings. The van der Waals surface area contributed by atoms with Crippen molar-refractivity contribution in [2.45, 2.75) is 32.4 Å². The van der Waals surface area contributed by atoms with Crippen molar-refractivity contribution in [3.63, 3.8) is 0 Å². The molecule has 134 valence electrons. The molecule has 1 aromatic carbocycles. The second-order valence-electron chi connectivity index (χ2n) is 7.62. The molecule has 0 spiro atoms. The highest BCUT2D eigenvalue weighted by molar-refractivity contribution is 5.68. The summed E-state index contributed by atoms with van der Waals surface area (Å²) in [4.78, 5) is 19.0. The zero-order valence-electron chi connectivity index (χ0n) is 15.7. The van der Waals surface area contributed by atoms with Gasteiger partial charge in [0.25, 0.3) is 0 Å². The average molecular weight is 333 g/mol. The van der Waals surface area contributed by atoms with E-state index in [0.29, 0.717) is 0 Å². The summed E-state index contributed by atoms with van der Waals surface area (Å²) in [5, 5.41) is 0. The molecule has 0 aromatic heterocycles. The van der Waals surface area contributed by atoms with Crippen LogP contribution >= 0.6 is 0 Å². The fraction of sp³-hybridized carbons (Fsp3) is 0.632. The van der Waals surface area contributed by atoms with E-state index in [1.807, 2.05) is 46.0 Å². The molecule has 1 fully saturated rings. The quantitative estimate of drug-likeness (QED) is 0.849. The van der Waals surface area contributed by atoms with Gasteiger partial charge < -0.3 is 14.5 Å². The molecule has 5 heteroatoms. The van der Waals surface area contributed by atoms with E-state index in [9.17, 15) is 4.79 Å². The first-order chi connectivity index (χ1) is 11.3. The van der Waals surface area contributed by atoms with E-state index in [-0.39, 0.29) is 12.1 Å². The van der Waals surface area contributed by atoms with E-state index >= 15 is 0 Å². The molecule has 1 amide bonds. The summed E-state index contributed by atoms with van der Waals surface area (Å²) in [7, 11) is 3.99. The van der Waals surface area contributed by atoms with Gasteiger partial charge in [0.2, 0.25) is 0 Å². The molecule has 1 atom stereocenters. The Kier molecular flexibility index (Phi) is 6.24. The van der Waals surface area contributed by atoms with Gasteiger partial charge in [0.15, 0.2) is 0 Å². The zero-order chi connectivity index (χ0) is 17.7. The highest BCUT2D eigenvalue weighted by Gasteiger charge is 2.28. The number of rotatable bonds is 4. The minimum atomic E-state index is -0.486. The molecule has 0 aliphatic carbocycles. The number of likely N-dealkylation sites (N-methyl/N-ethyl adjacent to an activating group) is 2. The number of nitrogens with zero attached hydrogens (tertiary/aromatic N) is 3. The number of benzene rings is 1. The number of hydrogen-bond acceptors (Lipinski definition) is 4. The summed E-state index contributed by atoms with van der Waals surface area (Å²) in [5.74, 6) is 0. The molecule has 24 heavy (non-hydrogen) atoms. The summed E-state index contributed by atoms with van der Waals surface area (Å²) < 4.78 is 5.57. The van der Waals surface area contributed by atoms with Crippen LogP contribution in [0.3, 0.4) is 0 Å². The van der Waals surface area contributed by atoms with Crippen molar-refractivity contribution >= 4 is 6.09 Å². The van der Waals surface area contributed by atoms with Gasteiger partial charge in [-0.1, -0.05) is 30.3 Å². The molecule has 1 aliphatic heterocycles. The molecule has 1 aliphatic rings. The third-order valence-electron chi connectivity index (χ3n) is 4.36. The second kappa shape index (κ2) is 7.99. The van der Waals surface area contributed by atoms with E-state index < -0.39 is 5.60 Å². The van der Waals surface area contributed by atoms with Gasteiger partial charge in [0.05, 0.1) is 6.04 Å². The van der Waals surface area contributed by atoms with Crippen LogP contribution in [-0.2, 0) is 4.74 Å². The van der Waals surface area contributed by atoms with Crippen LogP contribution in [0.4, 0.5) is 4.79 Å². The van der Waals surface area contributed by atoms with Crippen LogP contribution in [0.25, 0.3) is 0 Å². The maximum Gasteiger partial charge on any atom is 0.410 e. The third-order valence-corrected chi connectivity index (χ3v) is 4.36. The van der Waals surface area contributed by atoms with Gasteiger partial charge >= 0.3 is 6.09 Å². The smallest absolute Gasteiger partial charge is 0.410 e. The van der Waals surface area contributed by atoms with E-state index in [4.69, 9.17) is 4.74 Å². The topological polar surface area (TPSA) is 36.0 Å². The Morgan fingerprint density at radius 2 is 1.75 bits per heavy atom. The van der Waals surface area contributed by atoms with Crippen LogP contribution < -0.4 is 0 Å². The van der Waals surface area contributed by atoms with Gasteiger partial charge in [-0.3, -0.25) is 4.90 Å². The summed E-state index contributed by atoms with van der Waals surface area (Å²) in [6, 6.07) is 10.2. The van der Waals surface area contributed by atoms with Gasteiger partial charge in [-0.15, -0.1) is 0 Å². The Labute approximate surface area is 146 Å². The summed E-state index contributed by atoms with van der Waals surface area (Å²) in [6.07, 6.45) is -0.273. The fourth-order valence-corrected chi connectivity index (χ4v) is 2.86. The lowest BCUT2D eigenvalue weighted by atomic mass is 10.0. The number of carbonyl (C=O) groups is 1. The standard InChI is InChI=1S/C19H31N3O2/c1-19(2,3)24-18(23)21(5)17(16-9-7-6-8-10-16)15-22-13-11-20(4)12-14-22/h6-10,17H,11-15H2,1-5H3/t17-/m0/s1. The Morgan fingerprint density at radius 1 is 1.17 bits per heavy atom. The molecule has 0 N–H and O–H groups in total. The molecule has 0 radical (unpaired) electrons. The molecule has 0 bridgehead atoms. The van der Waals surface area contributed by atoms with Gasteiger partial charge in [-0.05, 0) is 33.4 Å². The van der Waals surface area contributed by atoms with Crippen molar-refractivity contribution in [3.8, 4) is 0 Å². The highest BCUT2D eigenvalue weighted by atomic mass is 16.6. The maximum absolute atomic E-state index is 12.5. The van der Waals surface area contributed by atoms with Crippen molar-refractivity contribution in [1.29, 1.82) is 0 Å². The first-order valence-electron chi connectivity index (χ1n) is 8.68. The lowest BCUT2D eigenvalue weighted by Crippen LogP contribution is -2.48. The van der Waals surface area contributed by atoms with Gasteiger partial charge in [-0.2, -0.15) is 0 Å². The van der Waals surface area contributed by atoms with Crippen LogP contribution in [0.1, 0.15) is 32.4 Å². The van der Waals surface area contributed by atoms with Crippen LogP contribution in [0, 0.1) is 0 Å². The van der Waals surface area contributed by atoms with Gasteiger partial charge in [0.1, 0.15) is 5.60 Å². The van der Waals surface area contributed by atoms with Gasteiger partial charge in [0, 0.05) is 39.8 Å². The Bertz CT molecular complexity index is 519. The van der Waals surface area contributed by atoms with Crippen LogP contribution in [0.15, 0.2) is 30.3 Å². The lowest BCUT2D eigenvalue weighted by Gasteiger charge is -2.38. The van der Waals surface area contributed by atoms with Crippen molar-refractivity contribution in [2.24, 2.45) is 0 Å². The number of piperazine rings is 1. The van der Waals surface area contributed by atoms with E-state index in [1.54, 1.807) is 4.90 Å². The SMILES string of the molecule is CN1CCN(C[C@@H](c2ccccc2)N(C)C(=O)OC(C)(C)C)CC1. The Hall–Kier alpha value is -1.59. The van der Waals surface area contributed by atoms with Crippen molar-refractivity contribution in [2.75, 3.05) is 46.8 Å². The lowest BCUT2D eigenvalue weighted by molar-refractivity contribution is 0.0165. The number of ether oxygens (including phenoxy) is 1. The largest absolute Gasteiger partial charge is 0.444 e. The minimum absolute atomic E-state index is 0.00976. The molecule has 0 saturated carbocycles. The average Bonchev–Trinajstić information content (AvgIpc) is 2.53. The Balaban J connectivity index is 2.12. The molecule has 0 unspecified atom stereocenters. The normalized spacial score (nSPS) is 18.2. The molecule has 1 saturated heterocycles. The fourth-order valence-electron chi connectivity index (χ4n) is 2.86. The molecule has 5 nitrogen and oxygen atoms in total. The molecule has 1 heterocycles. The summed E-state index contributed by atoms with van der Waals surface area (Å²) in [6.45, 7) is 10.7. The predicted molar refractivity (Wildman–Crippen MR) is 97.1 cm³/mol. The first kappa shape index (κ1) is 18.7. The maximum atomic E-state index is 12.5. The third kappa shape index (κ3) is 5.49. The second-order valence-corrected chi connectivity index (χ2v) is 7.62. The van der Waals surface area contributed by atoms with Crippen molar-refractivity contribution in [1.82, 2.24) is 14.7 Å². The summed E-state index contributed by atoms with van der Waals surface area (Å²) >= 11 is 0.